The molecular formula is C20H30N4O6. The molecule has 0 saturated carbocycles. The molecule has 166 valence electrons. The van der Waals surface area contributed by atoms with Crippen LogP contribution in [-0.2, 0) is 28.7 Å². The number of nitrogens with one attached hydrogen (secondary N) is 3. The number of ketones is 1. The summed E-state index contributed by atoms with van der Waals surface area (Å²) < 4.78 is 4.97. The number of Topliss-reactive ketones (excluding diaryl/α,β-unsaturated/α-hetero) is 1. The third-order valence-electron chi connectivity index (χ3n) is 5.76. The average Bonchev–Trinajstić information content (AvgIpc) is 3.45. The van der Waals surface area contributed by atoms with Crippen LogP contribution in [0.25, 0.3) is 0 Å². The van der Waals surface area contributed by atoms with Gasteiger partial charge in [0.2, 0.25) is 23.6 Å². The first-order valence-electron chi connectivity index (χ1n) is 10.7. The molecule has 10 heteroatoms. The summed E-state index contributed by atoms with van der Waals surface area (Å²) in [4.78, 5) is 63.3. The molecule has 0 aromatic heterocycles. The number of amides is 4. The summed E-state index contributed by atoms with van der Waals surface area (Å²) in [5, 5.41) is 7.83. The highest BCUT2D eigenvalue weighted by molar-refractivity contribution is 5.96. The van der Waals surface area contributed by atoms with Gasteiger partial charge in [0.05, 0.1) is 13.2 Å². The molecule has 4 amide bonds. The van der Waals surface area contributed by atoms with Gasteiger partial charge in [0.15, 0.2) is 5.78 Å². The molecule has 10 nitrogen and oxygen atoms in total. The van der Waals surface area contributed by atoms with E-state index in [1.807, 2.05) is 0 Å². The fourth-order valence-corrected chi connectivity index (χ4v) is 3.92. The van der Waals surface area contributed by atoms with Crippen LogP contribution in [0.2, 0.25) is 0 Å². The molecule has 1 unspecified atom stereocenters. The van der Waals surface area contributed by atoms with Gasteiger partial charge in [-0.1, -0.05) is 12.8 Å². The molecule has 4 atom stereocenters. The lowest BCUT2D eigenvalue weighted by atomic mass is 10.0. The zero-order valence-electron chi connectivity index (χ0n) is 17.3. The minimum absolute atomic E-state index is 0.112. The van der Waals surface area contributed by atoms with Gasteiger partial charge in [-0.15, -0.1) is 0 Å². The largest absolute Gasteiger partial charge is 0.365 e. The molecule has 0 aromatic rings. The number of nitrogens with zero attached hydrogens (tertiary/aromatic N) is 1. The lowest BCUT2D eigenvalue weighted by Gasteiger charge is -2.30. The first-order chi connectivity index (χ1) is 14.4. The van der Waals surface area contributed by atoms with Crippen molar-refractivity contribution < 1.29 is 28.7 Å². The Balaban J connectivity index is 1.60. The predicted molar refractivity (Wildman–Crippen MR) is 105 cm³/mol. The van der Waals surface area contributed by atoms with Gasteiger partial charge < -0.3 is 25.6 Å². The maximum absolute atomic E-state index is 13.1. The quantitative estimate of drug-likeness (QED) is 0.356. The van der Waals surface area contributed by atoms with E-state index in [9.17, 15) is 24.0 Å². The number of carbonyl (C=O) groups excluding carboxylic acids is 5. The smallest absolute Gasteiger partial charge is 0.245 e. The third kappa shape index (κ3) is 5.78. The average molecular weight is 422 g/mol. The van der Waals surface area contributed by atoms with E-state index >= 15 is 0 Å². The SMILES string of the molecule is C[C@@H]1NC(=O)[C@H]2CCCN2C(=O)[C@H](CCCCCC(=O)C2CO2)NC(=O)CNC1=O. The molecule has 0 radical (unpaired) electrons. The number of fused-ring (bicyclic) bond motifs is 1. The second-order valence-electron chi connectivity index (χ2n) is 8.15. The van der Waals surface area contributed by atoms with Crippen molar-refractivity contribution in [2.75, 3.05) is 19.7 Å². The van der Waals surface area contributed by atoms with E-state index in [0.717, 1.165) is 6.42 Å². The summed E-state index contributed by atoms with van der Waals surface area (Å²) in [5.74, 6) is -1.41. The Hall–Kier alpha value is -2.49. The number of hydrogen-bond donors (Lipinski definition) is 3. The number of unbranched alkanes of at least 4 members (excludes halogenated alkanes) is 2. The van der Waals surface area contributed by atoms with Crippen LogP contribution in [0.1, 0.15) is 51.9 Å². The molecular weight excluding hydrogens is 392 g/mol. The monoisotopic (exact) mass is 422 g/mol. The summed E-state index contributed by atoms with van der Waals surface area (Å²) in [6.45, 7) is 2.24. The minimum atomic E-state index is -0.790. The summed E-state index contributed by atoms with van der Waals surface area (Å²) in [6, 6.07) is -2.19. The fourth-order valence-electron chi connectivity index (χ4n) is 3.92. The summed E-state index contributed by atoms with van der Waals surface area (Å²) in [6.07, 6.45) is 3.96. The molecule has 30 heavy (non-hydrogen) atoms. The highest BCUT2D eigenvalue weighted by atomic mass is 16.6. The van der Waals surface area contributed by atoms with Gasteiger partial charge in [-0.2, -0.15) is 0 Å². The molecule has 3 heterocycles. The van der Waals surface area contributed by atoms with Crippen molar-refractivity contribution in [1.82, 2.24) is 20.9 Å². The lowest BCUT2D eigenvalue weighted by Crippen LogP contribution is -2.58. The van der Waals surface area contributed by atoms with Gasteiger partial charge in [-0.25, -0.2) is 0 Å². The number of carbonyl (C=O) groups is 5. The Bertz CT molecular complexity index is 707. The molecule has 3 aliphatic rings. The third-order valence-corrected chi connectivity index (χ3v) is 5.76. The van der Waals surface area contributed by atoms with Crippen LogP contribution in [0, 0.1) is 0 Å². The van der Waals surface area contributed by atoms with E-state index in [2.05, 4.69) is 16.0 Å². The Morgan fingerprint density at radius 2 is 1.87 bits per heavy atom. The number of rotatable bonds is 7. The topological polar surface area (TPSA) is 137 Å². The number of hydrogen-bond acceptors (Lipinski definition) is 6. The zero-order valence-corrected chi connectivity index (χ0v) is 17.3. The van der Waals surface area contributed by atoms with Gasteiger partial charge >= 0.3 is 0 Å². The van der Waals surface area contributed by atoms with E-state index < -0.39 is 29.9 Å². The second-order valence-corrected chi connectivity index (χ2v) is 8.15. The van der Waals surface area contributed by atoms with E-state index in [0.29, 0.717) is 51.7 Å². The second kappa shape index (κ2) is 10.0. The molecule has 3 fully saturated rings. The number of epoxide rings is 1. The van der Waals surface area contributed by atoms with E-state index in [4.69, 9.17) is 4.74 Å². The fraction of sp³-hybridized carbons (Fsp3) is 0.750. The highest BCUT2D eigenvalue weighted by Gasteiger charge is 2.38. The van der Waals surface area contributed by atoms with Gasteiger partial charge in [0.25, 0.3) is 0 Å². The zero-order chi connectivity index (χ0) is 21.7. The Morgan fingerprint density at radius 1 is 1.10 bits per heavy atom. The van der Waals surface area contributed by atoms with E-state index in [-0.39, 0.29) is 30.2 Å². The Morgan fingerprint density at radius 3 is 2.60 bits per heavy atom. The van der Waals surface area contributed by atoms with E-state index in [1.165, 1.54) is 4.90 Å². The summed E-state index contributed by atoms with van der Waals surface area (Å²) in [7, 11) is 0. The maximum atomic E-state index is 13.1. The molecule has 0 spiro atoms. The van der Waals surface area contributed by atoms with Crippen molar-refractivity contribution >= 4 is 29.4 Å². The van der Waals surface area contributed by atoms with Crippen LogP contribution in [0.4, 0.5) is 0 Å². The molecule has 3 rings (SSSR count). The Kier molecular flexibility index (Phi) is 7.41. The molecule has 3 saturated heterocycles. The van der Waals surface area contributed by atoms with Crippen molar-refractivity contribution in [2.45, 2.75) is 76.1 Å². The standard InChI is InChI=1S/C20H30N4O6/c1-12-18(27)21-10-17(26)23-13(6-3-2-4-8-15(25)16-11-30-16)20(29)24-9-5-7-14(24)19(28)22-12/h12-14,16H,2-11H2,1H3,(H,21,27)(H,22,28)(H,23,26)/t12-,13-,14+,16?/m0/s1. The van der Waals surface area contributed by atoms with Gasteiger partial charge in [0, 0.05) is 13.0 Å². The minimum Gasteiger partial charge on any atom is -0.365 e. The number of ether oxygens (including phenoxy) is 1. The lowest BCUT2D eigenvalue weighted by molar-refractivity contribution is -0.142. The Labute approximate surface area is 175 Å². The van der Waals surface area contributed by atoms with Crippen molar-refractivity contribution in [3.63, 3.8) is 0 Å². The van der Waals surface area contributed by atoms with Crippen LogP contribution in [0.15, 0.2) is 0 Å². The van der Waals surface area contributed by atoms with Crippen LogP contribution in [0.3, 0.4) is 0 Å². The van der Waals surface area contributed by atoms with E-state index in [1.54, 1.807) is 6.92 Å². The van der Waals surface area contributed by atoms with Crippen molar-refractivity contribution in [1.29, 1.82) is 0 Å². The molecule has 3 aliphatic heterocycles. The molecule has 0 aliphatic carbocycles. The molecule has 0 aromatic carbocycles. The maximum Gasteiger partial charge on any atom is 0.245 e. The van der Waals surface area contributed by atoms with Crippen molar-refractivity contribution in [3.05, 3.63) is 0 Å². The van der Waals surface area contributed by atoms with Crippen LogP contribution in [0.5, 0.6) is 0 Å². The summed E-state index contributed by atoms with van der Waals surface area (Å²) >= 11 is 0. The highest BCUT2D eigenvalue weighted by Crippen LogP contribution is 2.21. The molecule has 0 bridgehead atoms. The van der Waals surface area contributed by atoms with Gasteiger partial charge in [0.1, 0.15) is 24.2 Å². The van der Waals surface area contributed by atoms with Gasteiger partial charge in [-0.05, 0) is 32.6 Å². The first kappa shape index (κ1) is 22.2. The molecule has 3 N–H and O–H groups in total. The van der Waals surface area contributed by atoms with Crippen molar-refractivity contribution in [2.24, 2.45) is 0 Å². The van der Waals surface area contributed by atoms with Crippen LogP contribution >= 0.6 is 0 Å². The van der Waals surface area contributed by atoms with Gasteiger partial charge in [-0.3, -0.25) is 24.0 Å². The first-order valence-corrected chi connectivity index (χ1v) is 10.7. The van der Waals surface area contributed by atoms with Crippen LogP contribution in [-0.4, -0.2) is 78.2 Å². The van der Waals surface area contributed by atoms with Crippen molar-refractivity contribution in [3.8, 4) is 0 Å². The normalized spacial score (nSPS) is 29.8. The predicted octanol–water partition coefficient (Wildman–Crippen LogP) is -0.985. The summed E-state index contributed by atoms with van der Waals surface area (Å²) in [5.41, 5.74) is 0. The van der Waals surface area contributed by atoms with Crippen LogP contribution < -0.4 is 16.0 Å².